The highest BCUT2D eigenvalue weighted by Gasteiger charge is 2.09. The zero-order valence-corrected chi connectivity index (χ0v) is 15.7. The lowest BCUT2D eigenvalue weighted by Gasteiger charge is -2.17. The minimum Gasteiger partial charge on any atom is -0.399 e. The molecule has 1 rings (SSSR count). The Balaban J connectivity index is 0.00000149. The van der Waals surface area contributed by atoms with Crippen LogP contribution in [0, 0.1) is 5.92 Å². The van der Waals surface area contributed by atoms with E-state index in [1.165, 1.54) is 36.8 Å². The van der Waals surface area contributed by atoms with Crippen molar-refractivity contribution in [1.29, 1.82) is 0 Å². The van der Waals surface area contributed by atoms with Gasteiger partial charge in [0, 0.05) is 5.70 Å². The molecule has 0 aromatic heterocycles. The quantitative estimate of drug-likeness (QED) is 0.566. The van der Waals surface area contributed by atoms with E-state index < -0.39 is 0 Å². The molecule has 0 saturated heterocycles. The van der Waals surface area contributed by atoms with Gasteiger partial charge in [-0.15, -0.1) is 0 Å². The van der Waals surface area contributed by atoms with Gasteiger partial charge in [-0.3, -0.25) is 0 Å². The molecule has 23 heavy (non-hydrogen) atoms. The summed E-state index contributed by atoms with van der Waals surface area (Å²) in [6, 6.07) is 0. The topological polar surface area (TPSA) is 26.0 Å². The Kier molecular flexibility index (Phi) is 11.8. The van der Waals surface area contributed by atoms with E-state index in [9.17, 15) is 0 Å². The normalized spacial score (nSPS) is 19.5. The van der Waals surface area contributed by atoms with Gasteiger partial charge < -0.3 is 5.73 Å². The SMILES string of the molecule is C=C(N)/C=C(C)/C=C/C=C(C)/C=C/C1=CCCCC1C.CCC. The summed E-state index contributed by atoms with van der Waals surface area (Å²) in [5.41, 5.74) is 9.95. The highest BCUT2D eigenvalue weighted by molar-refractivity contribution is 5.33. The van der Waals surface area contributed by atoms with Crippen molar-refractivity contribution in [3.63, 3.8) is 0 Å². The van der Waals surface area contributed by atoms with Crippen molar-refractivity contribution in [2.45, 2.75) is 60.3 Å². The molecule has 1 heteroatoms. The molecule has 0 bridgehead atoms. The predicted octanol–water partition coefficient (Wildman–Crippen LogP) is 6.63. The summed E-state index contributed by atoms with van der Waals surface area (Å²) >= 11 is 0. The summed E-state index contributed by atoms with van der Waals surface area (Å²) in [7, 11) is 0. The average molecular weight is 314 g/mol. The summed E-state index contributed by atoms with van der Waals surface area (Å²) in [5, 5.41) is 0. The minimum atomic E-state index is 0.589. The minimum absolute atomic E-state index is 0.589. The summed E-state index contributed by atoms with van der Waals surface area (Å²) in [5.74, 6) is 0.698. The van der Waals surface area contributed by atoms with E-state index >= 15 is 0 Å². The second kappa shape index (κ2) is 12.8. The fraction of sp³-hybridized carbons (Fsp3) is 0.455. The first-order valence-electron chi connectivity index (χ1n) is 8.76. The lowest BCUT2D eigenvalue weighted by atomic mass is 9.89. The van der Waals surface area contributed by atoms with Gasteiger partial charge in [0.2, 0.25) is 0 Å². The molecule has 2 N–H and O–H groups in total. The van der Waals surface area contributed by atoms with E-state index in [1.807, 2.05) is 25.2 Å². The third kappa shape index (κ3) is 11.5. The van der Waals surface area contributed by atoms with Crippen molar-refractivity contribution >= 4 is 0 Å². The van der Waals surface area contributed by atoms with Crippen molar-refractivity contribution in [2.24, 2.45) is 11.7 Å². The van der Waals surface area contributed by atoms with Crippen molar-refractivity contribution < 1.29 is 0 Å². The van der Waals surface area contributed by atoms with E-state index in [2.05, 4.69) is 58.6 Å². The van der Waals surface area contributed by atoms with Gasteiger partial charge in [0.15, 0.2) is 0 Å². The fourth-order valence-corrected chi connectivity index (χ4v) is 2.27. The third-order valence-corrected chi connectivity index (χ3v) is 3.46. The standard InChI is InChI=1S/C19H27N.C3H8/c1-15(8-7-9-16(2)14-18(4)20)12-13-19-11-6-5-10-17(19)3;1-3-2/h7-9,11-14,17H,4-6,10,20H2,1-3H3;3H2,1-2H3/b9-7+,13-12+,15-8+,16-14+;. The molecule has 0 radical (unpaired) electrons. The van der Waals surface area contributed by atoms with Crippen LogP contribution in [0.15, 0.2) is 71.5 Å². The maximum atomic E-state index is 5.53. The van der Waals surface area contributed by atoms with Gasteiger partial charge in [0.1, 0.15) is 0 Å². The van der Waals surface area contributed by atoms with Crippen LogP contribution in [0.25, 0.3) is 0 Å². The largest absolute Gasteiger partial charge is 0.399 e. The monoisotopic (exact) mass is 313 g/mol. The highest BCUT2D eigenvalue weighted by Crippen LogP contribution is 2.25. The molecule has 0 saturated carbocycles. The van der Waals surface area contributed by atoms with Crippen LogP contribution in [-0.2, 0) is 0 Å². The van der Waals surface area contributed by atoms with Crippen LogP contribution in [0.1, 0.15) is 60.3 Å². The van der Waals surface area contributed by atoms with Crippen molar-refractivity contribution in [3.05, 3.63) is 71.5 Å². The molecular weight excluding hydrogens is 278 g/mol. The summed E-state index contributed by atoms with van der Waals surface area (Å²) < 4.78 is 0. The van der Waals surface area contributed by atoms with Crippen molar-refractivity contribution in [2.75, 3.05) is 0 Å². The van der Waals surface area contributed by atoms with Crippen LogP contribution in [0.4, 0.5) is 0 Å². The van der Waals surface area contributed by atoms with Crippen molar-refractivity contribution in [1.82, 2.24) is 0 Å². The summed E-state index contributed by atoms with van der Waals surface area (Å²) in [6.45, 7) is 14.4. The fourth-order valence-electron chi connectivity index (χ4n) is 2.27. The first kappa shape index (κ1) is 21.2. The number of nitrogens with two attached hydrogens (primary N) is 1. The van der Waals surface area contributed by atoms with E-state index in [1.54, 1.807) is 0 Å². The van der Waals surface area contributed by atoms with Gasteiger partial charge in [0.25, 0.3) is 0 Å². The van der Waals surface area contributed by atoms with Crippen LogP contribution in [0.5, 0.6) is 0 Å². The molecule has 0 aromatic carbocycles. The Morgan fingerprint density at radius 2 is 1.91 bits per heavy atom. The molecule has 1 aliphatic carbocycles. The Hall–Kier alpha value is -1.76. The predicted molar refractivity (Wildman–Crippen MR) is 106 cm³/mol. The number of rotatable bonds is 5. The lowest BCUT2D eigenvalue weighted by molar-refractivity contribution is 0.563. The van der Waals surface area contributed by atoms with Crippen molar-refractivity contribution in [3.8, 4) is 0 Å². The number of hydrogen-bond donors (Lipinski definition) is 1. The van der Waals surface area contributed by atoms with Crippen LogP contribution in [0.3, 0.4) is 0 Å². The zero-order valence-electron chi connectivity index (χ0n) is 15.7. The van der Waals surface area contributed by atoms with Gasteiger partial charge in [-0.25, -0.2) is 0 Å². The molecular formula is C22H35N. The molecule has 0 aliphatic heterocycles. The molecule has 128 valence electrons. The van der Waals surface area contributed by atoms with Gasteiger partial charge in [-0.2, -0.15) is 0 Å². The second-order valence-electron chi connectivity index (χ2n) is 6.31. The lowest BCUT2D eigenvalue weighted by Crippen LogP contribution is -2.02. The van der Waals surface area contributed by atoms with E-state index in [4.69, 9.17) is 5.73 Å². The van der Waals surface area contributed by atoms with Gasteiger partial charge in [-0.05, 0) is 56.3 Å². The van der Waals surface area contributed by atoms with Crippen LogP contribution >= 0.6 is 0 Å². The van der Waals surface area contributed by atoms with E-state index in [-0.39, 0.29) is 0 Å². The summed E-state index contributed by atoms with van der Waals surface area (Å²) in [4.78, 5) is 0. The Bertz CT molecular complexity index is 498. The summed E-state index contributed by atoms with van der Waals surface area (Å²) in [6.07, 6.45) is 20.0. The van der Waals surface area contributed by atoms with E-state index in [0.29, 0.717) is 11.6 Å². The highest BCUT2D eigenvalue weighted by atomic mass is 14.5. The molecule has 1 aliphatic rings. The molecule has 1 unspecified atom stereocenters. The third-order valence-electron chi connectivity index (χ3n) is 3.46. The molecule has 0 aromatic rings. The maximum Gasteiger partial charge on any atom is 0.0243 e. The molecule has 1 atom stereocenters. The molecule has 0 heterocycles. The van der Waals surface area contributed by atoms with Gasteiger partial charge >= 0.3 is 0 Å². The zero-order chi connectivity index (χ0) is 17.7. The van der Waals surface area contributed by atoms with Gasteiger partial charge in [-0.1, -0.05) is 75.8 Å². The Labute approximate surface area is 144 Å². The molecule has 0 amide bonds. The Morgan fingerprint density at radius 3 is 2.48 bits per heavy atom. The van der Waals surface area contributed by atoms with Crippen LogP contribution in [-0.4, -0.2) is 0 Å². The molecule has 1 nitrogen and oxygen atoms in total. The van der Waals surface area contributed by atoms with E-state index in [0.717, 1.165) is 5.57 Å². The Morgan fingerprint density at radius 1 is 1.26 bits per heavy atom. The molecule has 0 fully saturated rings. The van der Waals surface area contributed by atoms with Gasteiger partial charge in [0.05, 0.1) is 0 Å². The number of hydrogen-bond acceptors (Lipinski definition) is 1. The van der Waals surface area contributed by atoms with Crippen LogP contribution < -0.4 is 5.73 Å². The first-order chi connectivity index (χ1) is 10.9. The maximum absolute atomic E-state index is 5.53. The average Bonchev–Trinajstić information content (AvgIpc) is 2.46. The first-order valence-corrected chi connectivity index (χ1v) is 8.76. The number of allylic oxidation sites excluding steroid dienone is 10. The molecule has 0 spiro atoms. The van der Waals surface area contributed by atoms with Crippen LogP contribution in [0.2, 0.25) is 0 Å². The second-order valence-corrected chi connectivity index (χ2v) is 6.31. The smallest absolute Gasteiger partial charge is 0.0243 e.